The molecule has 0 saturated heterocycles. The van der Waals surface area contributed by atoms with Crippen LogP contribution in [0.25, 0.3) is 0 Å². The van der Waals surface area contributed by atoms with Gasteiger partial charge in [-0.1, -0.05) is 13.3 Å². The monoisotopic (exact) mass is 350 g/mol. The molecule has 0 aromatic rings. The molecule has 1 N–H and O–H groups in total. The molecule has 0 rings (SSSR count). The average Bonchev–Trinajstić information content (AvgIpc) is 2.23. The Morgan fingerprint density at radius 1 is 1.05 bits per heavy atom. The molecule has 0 fully saturated rings. The molecule has 0 aromatic heterocycles. The van der Waals surface area contributed by atoms with Crippen LogP contribution in [0, 0.1) is 0 Å². The summed E-state index contributed by atoms with van der Waals surface area (Å²) in [6, 6.07) is 0.554. The van der Waals surface area contributed by atoms with Crippen molar-refractivity contribution < 1.29 is 22.9 Å². The van der Waals surface area contributed by atoms with Crippen LogP contribution in [0.2, 0.25) is 45.3 Å². The summed E-state index contributed by atoms with van der Waals surface area (Å²) in [4.78, 5) is 21.8. The van der Waals surface area contributed by atoms with E-state index in [9.17, 15) is 9.59 Å². The highest BCUT2D eigenvalue weighted by Crippen LogP contribution is 2.21. The molecule has 21 heavy (non-hydrogen) atoms. The molecular formula is C13H30O5Si3. The van der Waals surface area contributed by atoms with Gasteiger partial charge < -0.3 is 18.1 Å². The lowest BCUT2D eigenvalue weighted by atomic mass is 10.3. The first-order valence-electron chi connectivity index (χ1n) is 7.33. The van der Waals surface area contributed by atoms with Crippen LogP contribution in [0.1, 0.15) is 20.3 Å². The van der Waals surface area contributed by atoms with Gasteiger partial charge in [-0.25, -0.2) is 4.79 Å². The van der Waals surface area contributed by atoms with Crippen LogP contribution in [-0.4, -0.2) is 36.7 Å². The van der Waals surface area contributed by atoms with Crippen molar-refractivity contribution in [2.75, 3.05) is 0 Å². The molecule has 1 unspecified atom stereocenters. The van der Waals surface area contributed by atoms with Gasteiger partial charge in [0.05, 0.1) is 0 Å². The zero-order valence-corrected chi connectivity index (χ0v) is 17.7. The Morgan fingerprint density at radius 3 is 1.81 bits per heavy atom. The van der Waals surface area contributed by atoms with Crippen molar-refractivity contribution in [2.24, 2.45) is 0 Å². The van der Waals surface area contributed by atoms with Crippen LogP contribution < -0.4 is 0 Å². The summed E-state index contributed by atoms with van der Waals surface area (Å²) in [5.74, 6) is -0.259. The minimum atomic E-state index is -2.44. The van der Waals surface area contributed by atoms with E-state index in [0.29, 0.717) is 11.6 Å². The first-order chi connectivity index (χ1) is 9.35. The van der Waals surface area contributed by atoms with E-state index in [1.54, 1.807) is 6.92 Å². The summed E-state index contributed by atoms with van der Waals surface area (Å²) >= 11 is 0. The summed E-state index contributed by atoms with van der Waals surface area (Å²) in [6.07, 6.45) is 0.799. The summed E-state index contributed by atoms with van der Waals surface area (Å²) < 4.78 is 16.9. The Bertz CT molecular complexity index is 364. The Hall–Kier alpha value is -0.579. The number of carbonyl (C=O) groups excluding carboxylic acids is 1. The fourth-order valence-electron chi connectivity index (χ4n) is 1.33. The second-order valence-electron chi connectivity index (χ2n) is 6.99. The number of rotatable bonds is 8. The van der Waals surface area contributed by atoms with Crippen LogP contribution in [0.3, 0.4) is 0 Å². The van der Waals surface area contributed by atoms with Crippen molar-refractivity contribution >= 4 is 31.9 Å². The van der Waals surface area contributed by atoms with Crippen LogP contribution in [-0.2, 0) is 18.1 Å². The molecule has 0 saturated carbocycles. The molecule has 0 heterocycles. The van der Waals surface area contributed by atoms with Crippen LogP contribution in [0.15, 0.2) is 11.5 Å². The van der Waals surface area contributed by atoms with E-state index < -0.39 is 31.9 Å². The predicted octanol–water partition coefficient (Wildman–Crippen LogP) is 3.09. The third kappa shape index (κ3) is 9.88. The van der Waals surface area contributed by atoms with Crippen molar-refractivity contribution in [1.29, 1.82) is 0 Å². The maximum atomic E-state index is 12.1. The van der Waals surface area contributed by atoms with Crippen molar-refractivity contribution in [2.45, 2.75) is 65.6 Å². The fourth-order valence-corrected chi connectivity index (χ4v) is 3.95. The molecule has 124 valence electrons. The lowest BCUT2D eigenvalue weighted by molar-refractivity contribution is -0.131. The van der Waals surface area contributed by atoms with Gasteiger partial charge >= 0.3 is 15.3 Å². The quantitative estimate of drug-likeness (QED) is 0.414. The second kappa shape index (κ2) is 8.16. The molecule has 0 aliphatic heterocycles. The smallest absolute Gasteiger partial charge is 0.383 e. The van der Waals surface area contributed by atoms with Gasteiger partial charge in [0.1, 0.15) is 5.57 Å². The zero-order valence-electron chi connectivity index (χ0n) is 14.6. The van der Waals surface area contributed by atoms with Crippen LogP contribution in [0.5, 0.6) is 0 Å². The highest BCUT2D eigenvalue weighted by atomic mass is 28.4. The van der Waals surface area contributed by atoms with E-state index in [1.165, 1.54) is 0 Å². The van der Waals surface area contributed by atoms with Gasteiger partial charge in [0, 0.05) is 0 Å². The average molecular weight is 351 g/mol. The Morgan fingerprint density at radius 2 is 1.48 bits per heavy atom. The Balaban J connectivity index is 5.18. The summed E-state index contributed by atoms with van der Waals surface area (Å²) in [7, 11) is -6.24. The summed E-state index contributed by atoms with van der Waals surface area (Å²) in [6.45, 7) is 15.7. The SMILES string of the molecule is CCC[SiH](O)OC(=O)C(C)=C(O[Si](C)(C)C)O[Si](C)(C)C. The van der Waals surface area contributed by atoms with Gasteiger partial charge in [-0.3, -0.25) is 0 Å². The number of hydrogen-bond donors (Lipinski definition) is 1. The molecular weight excluding hydrogens is 320 g/mol. The molecule has 0 bridgehead atoms. The minimum absolute atomic E-state index is 0.274. The lowest BCUT2D eigenvalue weighted by Crippen LogP contribution is -2.33. The molecule has 0 amide bonds. The van der Waals surface area contributed by atoms with Crippen molar-refractivity contribution in [3.05, 3.63) is 11.5 Å². The molecule has 0 aromatic carbocycles. The van der Waals surface area contributed by atoms with E-state index in [0.717, 1.165) is 6.42 Å². The van der Waals surface area contributed by atoms with E-state index in [4.69, 9.17) is 13.3 Å². The Kier molecular flexibility index (Phi) is 7.93. The molecule has 8 heteroatoms. The van der Waals surface area contributed by atoms with Gasteiger partial charge in [0.15, 0.2) is 0 Å². The van der Waals surface area contributed by atoms with E-state index in [2.05, 4.69) is 0 Å². The normalized spacial score (nSPS) is 13.4. The molecule has 0 spiro atoms. The highest BCUT2D eigenvalue weighted by molar-refractivity contribution is 6.71. The Labute approximate surface area is 132 Å². The van der Waals surface area contributed by atoms with Crippen LogP contribution >= 0.6 is 0 Å². The standard InChI is InChI=1S/C13H30O5Si3/c1-9-10-19(15)16-12(14)11(2)13(17-20(3,4)5)18-21(6,7)8/h15,19H,9-10H2,1-8H3. The molecule has 0 aliphatic rings. The van der Waals surface area contributed by atoms with Gasteiger partial charge in [0.2, 0.25) is 16.6 Å². The van der Waals surface area contributed by atoms with Gasteiger partial charge in [-0.05, 0) is 52.2 Å². The highest BCUT2D eigenvalue weighted by Gasteiger charge is 2.28. The van der Waals surface area contributed by atoms with Crippen LogP contribution in [0.4, 0.5) is 0 Å². The van der Waals surface area contributed by atoms with Gasteiger partial charge in [-0.2, -0.15) is 0 Å². The summed E-state index contributed by atoms with van der Waals surface area (Å²) in [5, 5.41) is 0. The van der Waals surface area contributed by atoms with Gasteiger partial charge in [0.25, 0.3) is 5.95 Å². The number of hydrogen-bond acceptors (Lipinski definition) is 5. The topological polar surface area (TPSA) is 65.0 Å². The third-order valence-electron chi connectivity index (χ3n) is 2.19. The molecule has 0 aliphatic carbocycles. The first-order valence-corrected chi connectivity index (χ1v) is 16.0. The molecule has 0 radical (unpaired) electrons. The first kappa shape index (κ1) is 20.4. The predicted molar refractivity (Wildman–Crippen MR) is 92.1 cm³/mol. The molecule has 1 atom stereocenters. The van der Waals surface area contributed by atoms with E-state index >= 15 is 0 Å². The van der Waals surface area contributed by atoms with E-state index in [1.807, 2.05) is 46.2 Å². The van der Waals surface area contributed by atoms with Crippen molar-refractivity contribution in [3.8, 4) is 0 Å². The van der Waals surface area contributed by atoms with E-state index in [-0.39, 0.29) is 5.95 Å². The largest absolute Gasteiger partial charge is 0.520 e. The minimum Gasteiger partial charge on any atom is -0.520 e. The lowest BCUT2D eigenvalue weighted by Gasteiger charge is -2.28. The van der Waals surface area contributed by atoms with Gasteiger partial charge in [-0.15, -0.1) is 0 Å². The summed E-state index contributed by atoms with van der Waals surface area (Å²) in [5.41, 5.74) is 0.308. The van der Waals surface area contributed by atoms with Crippen molar-refractivity contribution in [3.63, 3.8) is 0 Å². The zero-order chi connectivity index (χ0) is 16.8. The number of carbonyl (C=O) groups is 1. The fraction of sp³-hybridized carbons (Fsp3) is 0.769. The maximum Gasteiger partial charge on any atom is 0.383 e. The molecule has 5 nitrogen and oxygen atoms in total. The maximum absolute atomic E-state index is 12.1. The third-order valence-corrected chi connectivity index (χ3v) is 5.34. The van der Waals surface area contributed by atoms with Crippen molar-refractivity contribution in [1.82, 2.24) is 0 Å². The second-order valence-corrected chi connectivity index (χ2v) is 17.6.